The van der Waals surface area contributed by atoms with E-state index in [0.717, 1.165) is 31.3 Å². The fourth-order valence-corrected chi connectivity index (χ4v) is 1.39. The van der Waals surface area contributed by atoms with Crippen molar-refractivity contribution < 1.29 is 4.74 Å². The van der Waals surface area contributed by atoms with Crippen LogP contribution < -0.4 is 5.32 Å². The highest BCUT2D eigenvalue weighted by Crippen LogP contribution is 1.95. The van der Waals surface area contributed by atoms with Gasteiger partial charge in [0.25, 0.3) is 0 Å². The van der Waals surface area contributed by atoms with Crippen molar-refractivity contribution in [3.05, 3.63) is 0 Å². The molecule has 3 heteroatoms. The van der Waals surface area contributed by atoms with Gasteiger partial charge in [-0.3, -0.25) is 0 Å². The van der Waals surface area contributed by atoms with E-state index in [4.69, 9.17) is 11.2 Å². The molecule has 0 aromatic rings. The number of hydrogen-bond donors (Lipinski definition) is 1. The van der Waals surface area contributed by atoms with Crippen molar-refractivity contribution in [2.45, 2.75) is 19.9 Å². The highest BCUT2D eigenvalue weighted by Gasteiger charge is 1.98. The van der Waals surface area contributed by atoms with Gasteiger partial charge in [0.1, 0.15) is 0 Å². The molecule has 76 valence electrons. The average Bonchev–Trinajstić information content (AvgIpc) is 2.14. The molecule has 1 N–H and O–H groups in total. The Bertz CT molecular complexity index is 144. The smallest absolute Gasteiger partial charge is 0.0616 e. The van der Waals surface area contributed by atoms with Gasteiger partial charge >= 0.3 is 0 Å². The van der Waals surface area contributed by atoms with Gasteiger partial charge in [0.05, 0.1) is 12.4 Å². The van der Waals surface area contributed by atoms with Crippen LogP contribution in [0, 0.1) is 12.3 Å². The Labute approximate surface area is 85.8 Å². The molecule has 13 heavy (non-hydrogen) atoms. The first-order chi connectivity index (χ1) is 6.31. The highest BCUT2D eigenvalue weighted by atomic mass is 32.2. The van der Waals surface area contributed by atoms with Crippen molar-refractivity contribution in [1.82, 2.24) is 5.32 Å². The van der Waals surface area contributed by atoms with Gasteiger partial charge < -0.3 is 10.1 Å². The van der Waals surface area contributed by atoms with Crippen LogP contribution in [0.3, 0.4) is 0 Å². The lowest BCUT2D eigenvalue weighted by atomic mass is 10.3. The van der Waals surface area contributed by atoms with E-state index in [1.807, 2.05) is 6.92 Å². The Morgan fingerprint density at radius 2 is 2.38 bits per heavy atom. The van der Waals surface area contributed by atoms with Crippen LogP contribution in [0.25, 0.3) is 0 Å². The third kappa shape index (κ3) is 9.75. The van der Waals surface area contributed by atoms with Crippen molar-refractivity contribution in [2.24, 2.45) is 0 Å². The second kappa shape index (κ2) is 9.91. The summed E-state index contributed by atoms with van der Waals surface area (Å²) < 4.78 is 5.27. The van der Waals surface area contributed by atoms with Crippen molar-refractivity contribution in [2.75, 3.05) is 31.3 Å². The highest BCUT2D eigenvalue weighted by molar-refractivity contribution is 7.99. The van der Waals surface area contributed by atoms with Gasteiger partial charge in [-0.05, 0) is 13.8 Å². The number of nitrogens with one attached hydrogen (secondary N) is 1. The molecule has 0 aromatic carbocycles. The maximum atomic E-state index is 5.27. The standard InChI is InChI=1S/C10H19NOS/c1-4-7-13-8-6-11-10(3)9-12-5-2/h1,10-11H,5-9H2,2-3H3. The monoisotopic (exact) mass is 201 g/mol. The zero-order valence-corrected chi connectivity index (χ0v) is 9.32. The van der Waals surface area contributed by atoms with Gasteiger partial charge in [-0.2, -0.15) is 0 Å². The summed E-state index contributed by atoms with van der Waals surface area (Å²) in [5.41, 5.74) is 0. The fraction of sp³-hybridized carbons (Fsp3) is 0.800. The van der Waals surface area contributed by atoms with E-state index in [2.05, 4.69) is 18.2 Å². The molecule has 1 atom stereocenters. The molecule has 0 amide bonds. The molecule has 0 spiro atoms. The number of ether oxygens (including phenoxy) is 1. The molecule has 0 fully saturated rings. The van der Waals surface area contributed by atoms with Crippen molar-refractivity contribution in [1.29, 1.82) is 0 Å². The lowest BCUT2D eigenvalue weighted by Gasteiger charge is -2.12. The van der Waals surface area contributed by atoms with E-state index in [1.165, 1.54) is 0 Å². The lowest BCUT2D eigenvalue weighted by Crippen LogP contribution is -2.32. The molecule has 0 radical (unpaired) electrons. The Morgan fingerprint density at radius 1 is 1.62 bits per heavy atom. The largest absolute Gasteiger partial charge is 0.380 e. The maximum absolute atomic E-state index is 5.27. The molecule has 0 aliphatic carbocycles. The van der Waals surface area contributed by atoms with Crippen molar-refractivity contribution >= 4 is 11.8 Å². The number of rotatable bonds is 8. The normalized spacial score (nSPS) is 12.4. The van der Waals surface area contributed by atoms with E-state index in [0.29, 0.717) is 6.04 Å². The Balaban J connectivity index is 3.08. The molecule has 0 aliphatic heterocycles. The minimum atomic E-state index is 0.436. The lowest BCUT2D eigenvalue weighted by molar-refractivity contribution is 0.128. The van der Waals surface area contributed by atoms with E-state index in [9.17, 15) is 0 Å². The van der Waals surface area contributed by atoms with E-state index in [1.54, 1.807) is 11.8 Å². The zero-order chi connectivity index (χ0) is 9.94. The third-order valence-electron chi connectivity index (χ3n) is 1.50. The summed E-state index contributed by atoms with van der Waals surface area (Å²) in [7, 11) is 0. The Hall–Kier alpha value is -0.170. The summed E-state index contributed by atoms with van der Waals surface area (Å²) in [5, 5.41) is 3.36. The molecular weight excluding hydrogens is 182 g/mol. The third-order valence-corrected chi connectivity index (χ3v) is 2.36. The molecule has 1 unspecified atom stereocenters. The minimum absolute atomic E-state index is 0.436. The molecule has 2 nitrogen and oxygen atoms in total. The summed E-state index contributed by atoms with van der Waals surface area (Å²) >= 11 is 1.78. The van der Waals surface area contributed by atoms with Crippen LogP contribution in [0.1, 0.15) is 13.8 Å². The summed E-state index contributed by atoms with van der Waals surface area (Å²) in [6.07, 6.45) is 5.13. The predicted molar refractivity (Wildman–Crippen MR) is 60.1 cm³/mol. The molecule has 0 aliphatic rings. The minimum Gasteiger partial charge on any atom is -0.380 e. The molecule has 0 rings (SSSR count). The van der Waals surface area contributed by atoms with Gasteiger partial charge in [0, 0.05) is 24.9 Å². The van der Waals surface area contributed by atoms with Gasteiger partial charge in [-0.15, -0.1) is 18.2 Å². The van der Waals surface area contributed by atoms with Crippen LogP contribution >= 0.6 is 11.8 Å². The predicted octanol–water partition coefficient (Wildman–Crippen LogP) is 1.37. The van der Waals surface area contributed by atoms with Crippen molar-refractivity contribution in [3.8, 4) is 12.3 Å². The van der Waals surface area contributed by atoms with E-state index in [-0.39, 0.29) is 0 Å². The molecule has 0 saturated heterocycles. The number of thioether (sulfide) groups is 1. The molecule has 0 aromatic heterocycles. The van der Waals surface area contributed by atoms with Crippen LogP contribution in [0.5, 0.6) is 0 Å². The molecule has 0 heterocycles. The SMILES string of the molecule is C#CCSCCNC(C)COCC. The number of terminal acetylenes is 1. The summed E-state index contributed by atoms with van der Waals surface area (Å²) in [6.45, 7) is 6.71. The Morgan fingerprint density at radius 3 is 3.00 bits per heavy atom. The van der Waals surface area contributed by atoms with Crippen LogP contribution in [0.2, 0.25) is 0 Å². The number of hydrogen-bond acceptors (Lipinski definition) is 3. The van der Waals surface area contributed by atoms with Gasteiger partial charge in [0.2, 0.25) is 0 Å². The first kappa shape index (κ1) is 12.8. The second-order valence-corrected chi connectivity index (χ2v) is 3.88. The van der Waals surface area contributed by atoms with Crippen LogP contribution in [0.15, 0.2) is 0 Å². The maximum Gasteiger partial charge on any atom is 0.0616 e. The zero-order valence-electron chi connectivity index (χ0n) is 8.51. The topological polar surface area (TPSA) is 21.3 Å². The first-order valence-electron chi connectivity index (χ1n) is 4.63. The quantitative estimate of drug-likeness (QED) is 0.473. The van der Waals surface area contributed by atoms with Crippen molar-refractivity contribution in [3.63, 3.8) is 0 Å². The van der Waals surface area contributed by atoms with E-state index < -0.39 is 0 Å². The van der Waals surface area contributed by atoms with Gasteiger partial charge in [-0.25, -0.2) is 0 Å². The van der Waals surface area contributed by atoms with E-state index >= 15 is 0 Å². The second-order valence-electron chi connectivity index (χ2n) is 2.77. The fourth-order valence-electron chi connectivity index (χ4n) is 0.862. The summed E-state index contributed by atoms with van der Waals surface area (Å²) in [5.74, 6) is 4.48. The average molecular weight is 201 g/mol. The van der Waals surface area contributed by atoms with Crippen LogP contribution in [-0.4, -0.2) is 37.3 Å². The molecule has 0 bridgehead atoms. The van der Waals surface area contributed by atoms with Crippen LogP contribution in [-0.2, 0) is 4.74 Å². The van der Waals surface area contributed by atoms with Gasteiger partial charge in [0.15, 0.2) is 0 Å². The summed E-state index contributed by atoms with van der Waals surface area (Å²) in [4.78, 5) is 0. The Kier molecular flexibility index (Phi) is 9.78. The van der Waals surface area contributed by atoms with Gasteiger partial charge in [-0.1, -0.05) is 5.92 Å². The molecule has 0 saturated carbocycles. The molecular formula is C10H19NOS. The summed E-state index contributed by atoms with van der Waals surface area (Å²) in [6, 6.07) is 0.436. The first-order valence-corrected chi connectivity index (χ1v) is 5.79. The van der Waals surface area contributed by atoms with Crippen LogP contribution in [0.4, 0.5) is 0 Å².